The number of hydrogen-bond acceptors (Lipinski definition) is 8. The Labute approximate surface area is 180 Å². The lowest BCUT2D eigenvalue weighted by Crippen LogP contribution is -2.27. The summed E-state index contributed by atoms with van der Waals surface area (Å²) in [6.45, 7) is 3.49. The molecule has 3 fully saturated rings. The number of carbonyl (C=O) groups excluding carboxylic acids is 1. The highest BCUT2D eigenvalue weighted by Crippen LogP contribution is 2.30. The molecular weight excluding hydrogens is 398 g/mol. The van der Waals surface area contributed by atoms with E-state index in [1.165, 1.54) is 37.4 Å². The molecule has 0 atom stereocenters. The van der Waals surface area contributed by atoms with Crippen LogP contribution in [0.1, 0.15) is 48.9 Å². The van der Waals surface area contributed by atoms with E-state index in [1.54, 1.807) is 6.20 Å². The quantitative estimate of drug-likeness (QED) is 0.632. The Morgan fingerprint density at radius 1 is 0.967 bits per heavy atom. The van der Waals surface area contributed by atoms with Gasteiger partial charge in [0.05, 0.1) is 5.56 Å². The lowest BCUT2D eigenvalue weighted by Gasteiger charge is -2.14. The zero-order valence-corrected chi connectivity index (χ0v) is 17.8. The molecule has 8 nitrogen and oxygen atoms in total. The largest absolute Gasteiger partial charge is 0.354 e. The van der Waals surface area contributed by atoms with Crippen molar-refractivity contribution >= 4 is 29.6 Å². The summed E-state index contributed by atoms with van der Waals surface area (Å²) in [4.78, 5) is 32.5. The molecule has 0 radical (unpaired) electrons. The first-order chi connectivity index (χ1) is 14.7. The van der Waals surface area contributed by atoms with Gasteiger partial charge in [-0.25, -0.2) is 4.98 Å². The summed E-state index contributed by atoms with van der Waals surface area (Å²) in [6, 6.07) is 3.71. The van der Waals surface area contributed by atoms with Crippen LogP contribution in [0.2, 0.25) is 0 Å². The Bertz CT molecular complexity index is 858. The predicted octanol–water partition coefficient (Wildman–Crippen LogP) is 3.30. The Balaban J connectivity index is 1.27. The third kappa shape index (κ3) is 5.19. The van der Waals surface area contributed by atoms with Crippen molar-refractivity contribution in [3.63, 3.8) is 0 Å². The third-order valence-electron chi connectivity index (χ3n) is 5.68. The van der Waals surface area contributed by atoms with E-state index < -0.39 is 0 Å². The van der Waals surface area contributed by atoms with Gasteiger partial charge < -0.3 is 15.5 Å². The normalized spacial score (nSPS) is 18.5. The average molecular weight is 426 g/mol. The van der Waals surface area contributed by atoms with Gasteiger partial charge in [-0.05, 0) is 74.3 Å². The van der Waals surface area contributed by atoms with E-state index in [0.29, 0.717) is 22.6 Å². The van der Waals surface area contributed by atoms with Gasteiger partial charge in [-0.2, -0.15) is 15.0 Å². The fraction of sp³-hybridized carbons (Fsp3) is 0.571. The molecule has 9 heteroatoms. The van der Waals surface area contributed by atoms with Crippen molar-refractivity contribution in [2.75, 3.05) is 36.8 Å². The van der Waals surface area contributed by atoms with Crippen molar-refractivity contribution in [1.29, 1.82) is 0 Å². The molecule has 2 aromatic rings. The maximum atomic E-state index is 12.5. The molecule has 30 heavy (non-hydrogen) atoms. The van der Waals surface area contributed by atoms with Gasteiger partial charge in [0, 0.05) is 32.4 Å². The molecule has 2 aliphatic carbocycles. The molecule has 1 amide bonds. The van der Waals surface area contributed by atoms with Crippen LogP contribution in [0, 0.1) is 11.8 Å². The SMILES string of the molecule is O=C(c1ccc(Sc2nc(NCC3CC3)nc(NCC3CC3)n2)nc1)N1CCCC1. The Morgan fingerprint density at radius 3 is 2.13 bits per heavy atom. The van der Waals surface area contributed by atoms with Gasteiger partial charge in [0.25, 0.3) is 5.91 Å². The molecule has 5 rings (SSSR count). The standard InChI is InChI=1S/C21H27N7OS/c29-18(28-9-1-2-10-28)16-7-8-17(22-13-16)30-21-26-19(23-11-14-3-4-14)25-20(27-21)24-12-15-5-6-15/h7-8,13-15H,1-6,9-12H2,(H2,23,24,25,26,27). The van der Waals surface area contributed by atoms with Crippen molar-refractivity contribution in [3.05, 3.63) is 23.9 Å². The van der Waals surface area contributed by atoms with Gasteiger partial charge in [-0.15, -0.1) is 0 Å². The monoisotopic (exact) mass is 425 g/mol. The number of hydrogen-bond donors (Lipinski definition) is 2. The van der Waals surface area contributed by atoms with E-state index in [2.05, 4.69) is 30.6 Å². The third-order valence-corrected chi connectivity index (χ3v) is 6.49. The topological polar surface area (TPSA) is 95.9 Å². The van der Waals surface area contributed by atoms with Crippen LogP contribution < -0.4 is 10.6 Å². The van der Waals surface area contributed by atoms with Crippen LogP contribution in [0.3, 0.4) is 0 Å². The van der Waals surface area contributed by atoms with Crippen molar-refractivity contribution in [1.82, 2.24) is 24.8 Å². The van der Waals surface area contributed by atoms with Crippen LogP contribution in [0.4, 0.5) is 11.9 Å². The summed E-state index contributed by atoms with van der Waals surface area (Å²) in [6.07, 6.45) is 8.93. The lowest BCUT2D eigenvalue weighted by molar-refractivity contribution is 0.0792. The minimum absolute atomic E-state index is 0.0647. The number of rotatable bonds is 9. The number of aromatic nitrogens is 4. The molecule has 0 spiro atoms. The number of nitrogens with zero attached hydrogens (tertiary/aromatic N) is 5. The van der Waals surface area contributed by atoms with Gasteiger partial charge in [-0.1, -0.05) is 0 Å². The molecule has 2 aromatic heterocycles. The molecule has 2 N–H and O–H groups in total. The highest BCUT2D eigenvalue weighted by Gasteiger charge is 2.23. The van der Waals surface area contributed by atoms with Crippen molar-refractivity contribution in [3.8, 4) is 0 Å². The minimum Gasteiger partial charge on any atom is -0.354 e. The first-order valence-corrected chi connectivity index (χ1v) is 11.7. The van der Waals surface area contributed by atoms with Gasteiger partial charge in [0.1, 0.15) is 5.03 Å². The molecule has 2 saturated carbocycles. The number of pyridine rings is 1. The van der Waals surface area contributed by atoms with Crippen molar-refractivity contribution in [2.24, 2.45) is 11.8 Å². The molecule has 1 aliphatic heterocycles. The Morgan fingerprint density at radius 2 is 1.60 bits per heavy atom. The van der Waals surface area contributed by atoms with Crippen molar-refractivity contribution in [2.45, 2.75) is 48.7 Å². The number of likely N-dealkylation sites (tertiary alicyclic amines) is 1. The smallest absolute Gasteiger partial charge is 0.255 e. The van der Waals surface area contributed by atoms with E-state index in [1.807, 2.05) is 17.0 Å². The zero-order valence-electron chi connectivity index (χ0n) is 17.0. The number of carbonyl (C=O) groups is 1. The van der Waals surface area contributed by atoms with E-state index in [9.17, 15) is 4.79 Å². The van der Waals surface area contributed by atoms with Crippen LogP contribution in [-0.4, -0.2) is 56.9 Å². The van der Waals surface area contributed by atoms with Gasteiger partial charge in [0.2, 0.25) is 17.1 Å². The van der Waals surface area contributed by atoms with Crippen LogP contribution in [0.25, 0.3) is 0 Å². The van der Waals surface area contributed by atoms with E-state index >= 15 is 0 Å². The number of nitrogens with one attached hydrogen (secondary N) is 2. The van der Waals surface area contributed by atoms with Gasteiger partial charge >= 0.3 is 0 Å². The van der Waals surface area contributed by atoms with Crippen LogP contribution >= 0.6 is 11.8 Å². The summed E-state index contributed by atoms with van der Waals surface area (Å²) in [5.41, 5.74) is 0.635. The Kier molecular flexibility index (Phi) is 5.70. The van der Waals surface area contributed by atoms with Gasteiger partial charge in [-0.3, -0.25) is 4.79 Å². The van der Waals surface area contributed by atoms with Crippen LogP contribution in [-0.2, 0) is 0 Å². The first kappa shape index (κ1) is 19.5. The van der Waals surface area contributed by atoms with Gasteiger partial charge in [0.15, 0.2) is 0 Å². The summed E-state index contributed by atoms with van der Waals surface area (Å²) in [5.74, 6) is 2.76. The van der Waals surface area contributed by atoms with E-state index in [-0.39, 0.29) is 5.91 Å². The maximum absolute atomic E-state index is 12.5. The zero-order chi connectivity index (χ0) is 20.3. The molecule has 3 aliphatic rings. The minimum atomic E-state index is 0.0647. The molecule has 1 saturated heterocycles. The molecule has 3 heterocycles. The fourth-order valence-electron chi connectivity index (χ4n) is 3.44. The second kappa shape index (κ2) is 8.75. The maximum Gasteiger partial charge on any atom is 0.255 e. The number of anilines is 2. The second-order valence-electron chi connectivity index (χ2n) is 8.40. The molecule has 0 aromatic carbocycles. The van der Waals surface area contributed by atoms with Crippen LogP contribution in [0.5, 0.6) is 0 Å². The van der Waals surface area contributed by atoms with E-state index in [4.69, 9.17) is 0 Å². The summed E-state index contributed by atoms with van der Waals surface area (Å²) >= 11 is 1.39. The van der Waals surface area contributed by atoms with Crippen molar-refractivity contribution < 1.29 is 4.79 Å². The summed E-state index contributed by atoms with van der Waals surface area (Å²) in [5, 5.41) is 8.06. The first-order valence-electron chi connectivity index (χ1n) is 10.9. The average Bonchev–Trinajstić information content (AvgIpc) is 3.70. The summed E-state index contributed by atoms with van der Waals surface area (Å²) < 4.78 is 0. The predicted molar refractivity (Wildman–Crippen MR) is 116 cm³/mol. The van der Waals surface area contributed by atoms with E-state index in [0.717, 1.165) is 55.9 Å². The lowest BCUT2D eigenvalue weighted by atomic mass is 10.2. The second-order valence-corrected chi connectivity index (χ2v) is 9.39. The highest BCUT2D eigenvalue weighted by atomic mass is 32.2. The summed E-state index contributed by atoms with van der Waals surface area (Å²) in [7, 11) is 0. The Hall–Kier alpha value is -2.42. The van der Waals surface area contributed by atoms with Crippen LogP contribution in [0.15, 0.2) is 28.5 Å². The molecule has 0 bridgehead atoms. The highest BCUT2D eigenvalue weighted by molar-refractivity contribution is 7.99. The molecular formula is C21H27N7OS. The number of amides is 1. The molecule has 0 unspecified atom stereocenters. The fourth-order valence-corrected chi connectivity index (χ4v) is 4.13. The molecule has 158 valence electrons.